The van der Waals surface area contributed by atoms with Crippen LogP contribution in [0.15, 0.2) is 89.4 Å². The maximum absolute atomic E-state index is 12.5. The Morgan fingerprint density at radius 2 is 1.60 bits per heavy atom. The third-order valence-electron chi connectivity index (χ3n) is 4.76. The van der Waals surface area contributed by atoms with Gasteiger partial charge in [0.2, 0.25) is 0 Å². The van der Waals surface area contributed by atoms with Gasteiger partial charge in [-0.25, -0.2) is 4.79 Å². The number of fused-ring (bicyclic) bond motifs is 1. The quantitative estimate of drug-likeness (QED) is 0.183. The maximum Gasteiger partial charge on any atom is 0.344 e. The van der Waals surface area contributed by atoms with Gasteiger partial charge in [0.1, 0.15) is 0 Å². The van der Waals surface area contributed by atoms with Crippen molar-refractivity contribution < 1.29 is 14.3 Å². The van der Waals surface area contributed by atoms with Crippen molar-refractivity contribution in [2.45, 2.75) is 0 Å². The summed E-state index contributed by atoms with van der Waals surface area (Å²) >= 11 is 3.38. The molecule has 4 heteroatoms. The van der Waals surface area contributed by atoms with Crippen molar-refractivity contribution in [1.82, 2.24) is 0 Å². The standard InChI is InChI=1S/C26H19BrO3/c1-29-25-17-18(13-15-20-9-6-8-19-7-2-3-10-21(19)20)14-16-24(25)30-26(28)22-11-4-5-12-23(22)27/h2-17H,1H3/b15-13+. The molecule has 0 N–H and O–H groups in total. The summed E-state index contributed by atoms with van der Waals surface area (Å²) in [6, 6.07) is 27.2. The molecule has 0 unspecified atom stereocenters. The van der Waals surface area contributed by atoms with Crippen LogP contribution >= 0.6 is 15.9 Å². The highest BCUT2D eigenvalue weighted by Crippen LogP contribution is 2.30. The van der Waals surface area contributed by atoms with Crippen molar-refractivity contribution in [3.05, 3.63) is 106 Å². The van der Waals surface area contributed by atoms with Crippen LogP contribution in [0, 0.1) is 0 Å². The Balaban J connectivity index is 1.58. The van der Waals surface area contributed by atoms with E-state index in [0.29, 0.717) is 21.5 Å². The van der Waals surface area contributed by atoms with E-state index in [1.165, 1.54) is 10.8 Å². The number of esters is 1. The van der Waals surface area contributed by atoms with Crippen molar-refractivity contribution in [3.63, 3.8) is 0 Å². The van der Waals surface area contributed by atoms with Crippen LogP contribution in [0.5, 0.6) is 11.5 Å². The third kappa shape index (κ3) is 4.29. The fraction of sp³-hybridized carbons (Fsp3) is 0.0385. The molecule has 4 aromatic carbocycles. The van der Waals surface area contributed by atoms with Crippen molar-refractivity contribution in [3.8, 4) is 11.5 Å². The summed E-state index contributed by atoms with van der Waals surface area (Å²) in [7, 11) is 1.56. The molecule has 0 fully saturated rings. The molecule has 0 saturated carbocycles. The van der Waals surface area contributed by atoms with E-state index in [-0.39, 0.29) is 0 Å². The smallest absolute Gasteiger partial charge is 0.344 e. The molecule has 0 aliphatic carbocycles. The van der Waals surface area contributed by atoms with Gasteiger partial charge in [-0.2, -0.15) is 0 Å². The summed E-state index contributed by atoms with van der Waals surface area (Å²) < 4.78 is 11.7. The van der Waals surface area contributed by atoms with E-state index in [1.54, 1.807) is 31.4 Å². The van der Waals surface area contributed by atoms with Crippen LogP contribution in [0.25, 0.3) is 22.9 Å². The lowest BCUT2D eigenvalue weighted by atomic mass is 10.0. The maximum atomic E-state index is 12.5. The zero-order valence-electron chi connectivity index (χ0n) is 16.3. The minimum Gasteiger partial charge on any atom is -0.493 e. The molecule has 0 radical (unpaired) electrons. The minimum atomic E-state index is -0.445. The van der Waals surface area contributed by atoms with Crippen LogP contribution in [0.3, 0.4) is 0 Å². The molecule has 4 rings (SSSR count). The predicted molar refractivity (Wildman–Crippen MR) is 125 cm³/mol. The van der Waals surface area contributed by atoms with Gasteiger partial charge >= 0.3 is 5.97 Å². The summed E-state index contributed by atoms with van der Waals surface area (Å²) in [6.07, 6.45) is 4.09. The van der Waals surface area contributed by atoms with Crippen molar-refractivity contribution in [2.24, 2.45) is 0 Å². The number of hydrogen-bond acceptors (Lipinski definition) is 3. The van der Waals surface area contributed by atoms with E-state index in [4.69, 9.17) is 9.47 Å². The molecule has 0 heterocycles. The average molecular weight is 459 g/mol. The second kappa shape index (κ2) is 8.97. The van der Waals surface area contributed by atoms with Crippen LogP contribution in [0.4, 0.5) is 0 Å². The SMILES string of the molecule is COc1cc(/C=C/c2cccc3ccccc23)ccc1OC(=O)c1ccccc1Br. The highest BCUT2D eigenvalue weighted by Gasteiger charge is 2.15. The van der Waals surface area contributed by atoms with Gasteiger partial charge in [0, 0.05) is 4.47 Å². The Morgan fingerprint density at radius 1 is 0.833 bits per heavy atom. The molecule has 0 saturated heterocycles. The molecule has 3 nitrogen and oxygen atoms in total. The van der Waals surface area contributed by atoms with Gasteiger partial charge < -0.3 is 9.47 Å². The van der Waals surface area contributed by atoms with Crippen LogP contribution in [-0.2, 0) is 0 Å². The Kier molecular flexibility index (Phi) is 5.96. The van der Waals surface area contributed by atoms with E-state index in [1.807, 2.05) is 42.5 Å². The molecule has 4 aromatic rings. The topological polar surface area (TPSA) is 35.5 Å². The number of hydrogen-bond donors (Lipinski definition) is 0. The normalized spacial score (nSPS) is 11.0. The van der Waals surface area contributed by atoms with E-state index in [2.05, 4.69) is 46.3 Å². The number of rotatable bonds is 5. The minimum absolute atomic E-state index is 0.376. The van der Waals surface area contributed by atoms with E-state index in [0.717, 1.165) is 11.1 Å². The molecular weight excluding hydrogens is 440 g/mol. The first-order valence-electron chi connectivity index (χ1n) is 9.46. The zero-order chi connectivity index (χ0) is 20.9. The Labute approximate surface area is 183 Å². The number of ether oxygens (including phenoxy) is 2. The van der Waals surface area contributed by atoms with Crippen LogP contribution in [0.1, 0.15) is 21.5 Å². The summed E-state index contributed by atoms with van der Waals surface area (Å²) in [5.74, 6) is 0.427. The largest absolute Gasteiger partial charge is 0.493 e. The number of benzene rings is 4. The lowest BCUT2D eigenvalue weighted by molar-refractivity contribution is 0.0729. The number of carbonyl (C=O) groups is 1. The first kappa shape index (κ1) is 19.9. The molecular formula is C26H19BrO3. The lowest BCUT2D eigenvalue weighted by Gasteiger charge is -2.11. The Morgan fingerprint density at radius 3 is 2.43 bits per heavy atom. The van der Waals surface area contributed by atoms with Crippen LogP contribution < -0.4 is 9.47 Å². The van der Waals surface area contributed by atoms with Crippen LogP contribution in [0.2, 0.25) is 0 Å². The molecule has 0 spiro atoms. The number of halogens is 1. The van der Waals surface area contributed by atoms with Gasteiger partial charge in [-0.1, -0.05) is 72.8 Å². The second-order valence-corrected chi connectivity index (χ2v) is 7.54. The molecule has 0 bridgehead atoms. The molecule has 0 atom stereocenters. The lowest BCUT2D eigenvalue weighted by Crippen LogP contribution is -2.10. The van der Waals surface area contributed by atoms with Crippen LogP contribution in [-0.4, -0.2) is 13.1 Å². The molecule has 30 heavy (non-hydrogen) atoms. The fourth-order valence-corrected chi connectivity index (χ4v) is 3.68. The molecule has 0 amide bonds. The van der Waals surface area contributed by atoms with E-state index < -0.39 is 5.97 Å². The van der Waals surface area contributed by atoms with Gasteiger partial charge in [0.05, 0.1) is 12.7 Å². The summed E-state index contributed by atoms with van der Waals surface area (Å²) in [4.78, 5) is 12.5. The average Bonchev–Trinajstić information content (AvgIpc) is 2.78. The fourth-order valence-electron chi connectivity index (χ4n) is 3.24. The zero-order valence-corrected chi connectivity index (χ0v) is 17.9. The third-order valence-corrected chi connectivity index (χ3v) is 5.45. The number of carbonyl (C=O) groups excluding carboxylic acids is 1. The molecule has 0 aliphatic heterocycles. The van der Waals surface area contributed by atoms with Gasteiger partial charge in [0.25, 0.3) is 0 Å². The summed E-state index contributed by atoms with van der Waals surface area (Å²) in [6.45, 7) is 0. The van der Waals surface area contributed by atoms with Gasteiger partial charge in [-0.05, 0) is 62.1 Å². The van der Waals surface area contributed by atoms with Crippen molar-refractivity contribution in [1.29, 1.82) is 0 Å². The van der Waals surface area contributed by atoms with Gasteiger partial charge in [-0.15, -0.1) is 0 Å². The second-order valence-electron chi connectivity index (χ2n) is 6.68. The molecule has 0 aromatic heterocycles. The Hall–Kier alpha value is -3.37. The summed E-state index contributed by atoms with van der Waals surface area (Å²) in [5.41, 5.74) is 2.54. The first-order valence-corrected chi connectivity index (χ1v) is 10.3. The van der Waals surface area contributed by atoms with Crippen molar-refractivity contribution in [2.75, 3.05) is 7.11 Å². The molecule has 0 aliphatic rings. The van der Waals surface area contributed by atoms with E-state index >= 15 is 0 Å². The van der Waals surface area contributed by atoms with Gasteiger partial charge in [-0.3, -0.25) is 0 Å². The van der Waals surface area contributed by atoms with Crippen molar-refractivity contribution >= 4 is 44.8 Å². The van der Waals surface area contributed by atoms with E-state index in [9.17, 15) is 4.79 Å². The highest BCUT2D eigenvalue weighted by atomic mass is 79.9. The van der Waals surface area contributed by atoms with Gasteiger partial charge in [0.15, 0.2) is 11.5 Å². The number of methoxy groups -OCH3 is 1. The summed E-state index contributed by atoms with van der Waals surface area (Å²) in [5, 5.41) is 2.40. The monoisotopic (exact) mass is 458 g/mol. The first-order chi connectivity index (χ1) is 14.7. The highest BCUT2D eigenvalue weighted by molar-refractivity contribution is 9.10. The Bertz CT molecular complexity index is 1240. The predicted octanol–water partition coefficient (Wildman–Crippen LogP) is 7.00. The molecule has 148 valence electrons.